The summed E-state index contributed by atoms with van der Waals surface area (Å²) in [6, 6.07) is 7.99. The summed E-state index contributed by atoms with van der Waals surface area (Å²) in [6.07, 6.45) is 3.21. The van der Waals surface area contributed by atoms with Gasteiger partial charge in [0.05, 0.1) is 7.11 Å². The summed E-state index contributed by atoms with van der Waals surface area (Å²) in [5.41, 5.74) is 3.15. The normalized spacial score (nSPS) is 11.1. The summed E-state index contributed by atoms with van der Waals surface area (Å²) in [7, 11) is 1.37. The van der Waals surface area contributed by atoms with Crippen molar-refractivity contribution in [2.75, 3.05) is 7.11 Å². The van der Waals surface area contributed by atoms with Crippen molar-refractivity contribution in [1.82, 2.24) is 4.98 Å². The number of benzene rings is 1. The first-order valence-electron chi connectivity index (χ1n) is 5.05. The van der Waals surface area contributed by atoms with Crippen molar-refractivity contribution in [2.45, 2.75) is 6.92 Å². The van der Waals surface area contributed by atoms with Gasteiger partial charge in [-0.3, -0.25) is 0 Å². The number of fused-ring (bicyclic) bond motifs is 1. The molecule has 1 heterocycles. The van der Waals surface area contributed by atoms with Crippen molar-refractivity contribution in [3.8, 4) is 0 Å². The molecule has 1 aromatic heterocycles. The molecule has 0 aliphatic rings. The molecule has 3 nitrogen and oxygen atoms in total. The Balaban J connectivity index is 2.47. The van der Waals surface area contributed by atoms with E-state index in [-0.39, 0.29) is 5.97 Å². The summed E-state index contributed by atoms with van der Waals surface area (Å²) >= 11 is 0. The standard InChI is InChI=1S/C13H13NO2/c1-9-10(7-8-13(15)16-2)11-5-3-4-6-12(11)14-9/h3-8,14H,1-2H3. The summed E-state index contributed by atoms with van der Waals surface area (Å²) in [4.78, 5) is 14.3. The van der Waals surface area contributed by atoms with Crippen molar-refractivity contribution in [2.24, 2.45) is 0 Å². The van der Waals surface area contributed by atoms with Gasteiger partial charge in [0.2, 0.25) is 0 Å². The van der Waals surface area contributed by atoms with Crippen LogP contribution >= 0.6 is 0 Å². The first-order chi connectivity index (χ1) is 7.72. The zero-order chi connectivity index (χ0) is 11.5. The number of hydrogen-bond donors (Lipinski definition) is 1. The lowest BCUT2D eigenvalue weighted by molar-refractivity contribution is -0.134. The van der Waals surface area contributed by atoms with Gasteiger partial charge in [-0.1, -0.05) is 18.2 Å². The van der Waals surface area contributed by atoms with E-state index in [0.29, 0.717) is 0 Å². The van der Waals surface area contributed by atoms with Crippen LogP contribution in [0.4, 0.5) is 0 Å². The number of carbonyl (C=O) groups excluding carboxylic acids is 1. The molecule has 0 amide bonds. The second-order valence-corrected chi connectivity index (χ2v) is 3.57. The van der Waals surface area contributed by atoms with Gasteiger partial charge in [-0.25, -0.2) is 4.79 Å². The number of aromatic nitrogens is 1. The molecule has 0 fully saturated rings. The molecule has 0 bridgehead atoms. The van der Waals surface area contributed by atoms with Gasteiger partial charge in [0.1, 0.15) is 0 Å². The van der Waals surface area contributed by atoms with Crippen LogP contribution in [-0.2, 0) is 9.53 Å². The minimum absolute atomic E-state index is 0.343. The summed E-state index contributed by atoms with van der Waals surface area (Å²) in [5.74, 6) is -0.343. The first kappa shape index (κ1) is 10.5. The number of para-hydroxylation sites is 1. The fraction of sp³-hybridized carbons (Fsp3) is 0.154. The van der Waals surface area contributed by atoms with Crippen LogP contribution in [-0.4, -0.2) is 18.1 Å². The number of hydrogen-bond acceptors (Lipinski definition) is 2. The maximum absolute atomic E-state index is 11.0. The Bertz CT molecular complexity index is 552. The minimum atomic E-state index is -0.343. The Morgan fingerprint density at radius 3 is 2.88 bits per heavy atom. The van der Waals surface area contributed by atoms with Crippen LogP contribution in [0.1, 0.15) is 11.3 Å². The summed E-state index contributed by atoms with van der Waals surface area (Å²) in [6.45, 7) is 1.98. The topological polar surface area (TPSA) is 42.1 Å². The number of H-pyrrole nitrogens is 1. The Labute approximate surface area is 93.7 Å². The molecular formula is C13H13NO2. The van der Waals surface area contributed by atoms with Crippen molar-refractivity contribution in [3.05, 3.63) is 41.6 Å². The van der Waals surface area contributed by atoms with E-state index in [1.54, 1.807) is 6.08 Å². The van der Waals surface area contributed by atoms with E-state index in [0.717, 1.165) is 22.2 Å². The average molecular weight is 215 g/mol. The number of ether oxygens (including phenoxy) is 1. The lowest BCUT2D eigenvalue weighted by Crippen LogP contribution is -1.93. The van der Waals surface area contributed by atoms with Crippen LogP contribution in [0, 0.1) is 6.92 Å². The highest BCUT2D eigenvalue weighted by Gasteiger charge is 2.04. The number of nitrogens with one attached hydrogen (secondary N) is 1. The van der Waals surface area contributed by atoms with Gasteiger partial charge in [0, 0.05) is 28.2 Å². The Kier molecular flexibility index (Phi) is 2.77. The molecule has 0 spiro atoms. The van der Waals surface area contributed by atoms with Crippen molar-refractivity contribution in [3.63, 3.8) is 0 Å². The Morgan fingerprint density at radius 1 is 1.38 bits per heavy atom. The van der Waals surface area contributed by atoms with Crippen LogP contribution in [0.3, 0.4) is 0 Å². The smallest absolute Gasteiger partial charge is 0.330 e. The van der Waals surface area contributed by atoms with Gasteiger partial charge in [0.15, 0.2) is 0 Å². The maximum Gasteiger partial charge on any atom is 0.330 e. The van der Waals surface area contributed by atoms with E-state index in [2.05, 4.69) is 9.72 Å². The SMILES string of the molecule is COC(=O)C=Cc1c(C)[nH]c2ccccc12. The average Bonchev–Trinajstić information content (AvgIpc) is 2.62. The van der Waals surface area contributed by atoms with Gasteiger partial charge in [-0.15, -0.1) is 0 Å². The van der Waals surface area contributed by atoms with E-state index in [9.17, 15) is 4.79 Å². The zero-order valence-corrected chi connectivity index (χ0v) is 9.28. The largest absolute Gasteiger partial charge is 0.466 e. The lowest BCUT2D eigenvalue weighted by Gasteiger charge is -1.93. The minimum Gasteiger partial charge on any atom is -0.466 e. The van der Waals surface area contributed by atoms with E-state index in [1.807, 2.05) is 31.2 Å². The highest BCUT2D eigenvalue weighted by molar-refractivity contribution is 5.95. The molecular weight excluding hydrogens is 202 g/mol. The number of rotatable bonds is 2. The first-order valence-corrected chi connectivity index (χ1v) is 5.05. The predicted molar refractivity (Wildman–Crippen MR) is 64.1 cm³/mol. The number of aryl methyl sites for hydroxylation is 1. The molecule has 1 N–H and O–H groups in total. The van der Waals surface area contributed by atoms with Crippen LogP contribution in [0.5, 0.6) is 0 Å². The van der Waals surface area contributed by atoms with Gasteiger partial charge in [-0.05, 0) is 19.1 Å². The molecule has 2 rings (SSSR count). The second kappa shape index (κ2) is 4.23. The van der Waals surface area contributed by atoms with E-state index < -0.39 is 0 Å². The van der Waals surface area contributed by atoms with Crippen molar-refractivity contribution in [1.29, 1.82) is 0 Å². The lowest BCUT2D eigenvalue weighted by atomic mass is 10.1. The predicted octanol–water partition coefficient (Wildman–Crippen LogP) is 2.66. The molecule has 0 atom stereocenters. The van der Waals surface area contributed by atoms with E-state index in [1.165, 1.54) is 13.2 Å². The van der Waals surface area contributed by atoms with E-state index >= 15 is 0 Å². The highest BCUT2D eigenvalue weighted by Crippen LogP contribution is 2.22. The van der Waals surface area contributed by atoms with Gasteiger partial charge < -0.3 is 9.72 Å². The quantitative estimate of drug-likeness (QED) is 0.618. The van der Waals surface area contributed by atoms with Crippen LogP contribution in [0.25, 0.3) is 17.0 Å². The zero-order valence-electron chi connectivity index (χ0n) is 9.28. The van der Waals surface area contributed by atoms with Crippen LogP contribution in [0.2, 0.25) is 0 Å². The molecule has 82 valence electrons. The van der Waals surface area contributed by atoms with Crippen LogP contribution in [0.15, 0.2) is 30.3 Å². The third kappa shape index (κ3) is 1.84. The molecule has 0 aliphatic heterocycles. The van der Waals surface area contributed by atoms with Gasteiger partial charge >= 0.3 is 5.97 Å². The summed E-state index contributed by atoms with van der Waals surface area (Å²) in [5, 5.41) is 1.11. The fourth-order valence-electron chi connectivity index (χ4n) is 1.73. The number of methoxy groups -OCH3 is 1. The number of aromatic amines is 1. The molecule has 0 unspecified atom stereocenters. The molecule has 1 aromatic carbocycles. The fourth-order valence-corrected chi connectivity index (χ4v) is 1.73. The second-order valence-electron chi connectivity index (χ2n) is 3.57. The molecule has 16 heavy (non-hydrogen) atoms. The van der Waals surface area contributed by atoms with Gasteiger partial charge in [-0.2, -0.15) is 0 Å². The van der Waals surface area contributed by atoms with Crippen LogP contribution < -0.4 is 0 Å². The highest BCUT2D eigenvalue weighted by atomic mass is 16.5. The van der Waals surface area contributed by atoms with Crippen molar-refractivity contribution < 1.29 is 9.53 Å². The Hall–Kier alpha value is -2.03. The third-order valence-corrected chi connectivity index (χ3v) is 2.53. The Morgan fingerprint density at radius 2 is 2.12 bits per heavy atom. The molecule has 2 aromatic rings. The van der Waals surface area contributed by atoms with Gasteiger partial charge in [0.25, 0.3) is 0 Å². The molecule has 0 aliphatic carbocycles. The maximum atomic E-state index is 11.0. The summed E-state index contributed by atoms with van der Waals surface area (Å²) < 4.78 is 4.56. The molecule has 0 saturated carbocycles. The molecule has 0 saturated heterocycles. The number of esters is 1. The van der Waals surface area contributed by atoms with E-state index in [4.69, 9.17) is 0 Å². The van der Waals surface area contributed by atoms with Crippen molar-refractivity contribution >= 4 is 22.9 Å². The monoisotopic (exact) mass is 215 g/mol. The molecule has 3 heteroatoms. The number of carbonyl (C=O) groups is 1. The molecule has 0 radical (unpaired) electrons. The third-order valence-electron chi connectivity index (χ3n) is 2.53.